The minimum absolute atomic E-state index is 0.242. The number of nitrogens with zero attached hydrogens (tertiary/aromatic N) is 1. The lowest BCUT2D eigenvalue weighted by molar-refractivity contribution is 0.887. The Morgan fingerprint density at radius 1 is 1.22 bits per heavy atom. The van der Waals surface area contributed by atoms with E-state index in [1.807, 2.05) is 25.1 Å². The molecule has 96 valence electrons. The van der Waals surface area contributed by atoms with Crippen LogP contribution in [0.4, 0.5) is 5.69 Å². The number of thiazole rings is 1. The van der Waals surface area contributed by atoms with Crippen LogP contribution in [0.5, 0.6) is 0 Å². The summed E-state index contributed by atoms with van der Waals surface area (Å²) in [5.74, 6) is 0. The summed E-state index contributed by atoms with van der Waals surface area (Å²) in [6.45, 7) is 6.26. The van der Waals surface area contributed by atoms with Gasteiger partial charge in [-0.3, -0.25) is 0 Å². The van der Waals surface area contributed by atoms with Gasteiger partial charge in [0.05, 0.1) is 22.4 Å². The molecule has 18 heavy (non-hydrogen) atoms. The average Bonchev–Trinajstić information content (AvgIpc) is 2.63. The quantitative estimate of drug-likeness (QED) is 0.753. The highest BCUT2D eigenvalue weighted by Gasteiger charge is 2.15. The van der Waals surface area contributed by atoms with Crippen molar-refractivity contribution in [3.05, 3.63) is 42.7 Å². The van der Waals surface area contributed by atoms with Crippen LogP contribution in [0.25, 0.3) is 0 Å². The zero-order valence-electron chi connectivity index (χ0n) is 10.4. The fourth-order valence-electron chi connectivity index (χ4n) is 1.87. The Labute approximate surface area is 128 Å². The third-order valence-corrected chi connectivity index (χ3v) is 5.23. The number of para-hydroxylation sites is 1. The minimum atomic E-state index is 0.242. The van der Waals surface area contributed by atoms with E-state index in [4.69, 9.17) is 0 Å². The highest BCUT2D eigenvalue weighted by molar-refractivity contribution is 9.11. The van der Waals surface area contributed by atoms with Crippen LogP contribution in [0.2, 0.25) is 0 Å². The molecule has 1 unspecified atom stereocenters. The van der Waals surface area contributed by atoms with Gasteiger partial charge in [-0.25, -0.2) is 4.98 Å². The van der Waals surface area contributed by atoms with Gasteiger partial charge in [0.15, 0.2) is 0 Å². The molecule has 0 saturated heterocycles. The molecule has 1 atom stereocenters. The molecule has 0 spiro atoms. The molecule has 2 aromatic rings. The van der Waals surface area contributed by atoms with Gasteiger partial charge in [-0.05, 0) is 64.8 Å². The molecule has 0 aliphatic heterocycles. The van der Waals surface area contributed by atoms with Gasteiger partial charge in [0.25, 0.3) is 0 Å². The summed E-state index contributed by atoms with van der Waals surface area (Å²) in [5.41, 5.74) is 2.19. The Hall–Kier alpha value is -0.390. The minimum Gasteiger partial charge on any atom is -0.376 e. The maximum atomic E-state index is 4.47. The first-order valence-corrected chi connectivity index (χ1v) is 8.03. The largest absolute Gasteiger partial charge is 0.376 e. The Morgan fingerprint density at radius 2 is 1.83 bits per heavy atom. The lowest BCUT2D eigenvalue weighted by Crippen LogP contribution is -2.07. The normalized spacial score (nSPS) is 12.5. The van der Waals surface area contributed by atoms with E-state index in [-0.39, 0.29) is 6.04 Å². The van der Waals surface area contributed by atoms with E-state index in [0.29, 0.717) is 0 Å². The molecule has 2 nitrogen and oxygen atoms in total. The second-order valence-corrected chi connectivity index (χ2v) is 7.09. The van der Waals surface area contributed by atoms with Gasteiger partial charge in [-0.1, -0.05) is 6.07 Å². The average molecular weight is 390 g/mol. The van der Waals surface area contributed by atoms with Gasteiger partial charge in [0.2, 0.25) is 0 Å². The van der Waals surface area contributed by atoms with Gasteiger partial charge in [-0.15, -0.1) is 11.3 Å². The molecular formula is C13H14Br2N2S. The fourth-order valence-corrected chi connectivity index (χ4v) is 4.02. The third-order valence-electron chi connectivity index (χ3n) is 2.66. The molecule has 1 heterocycles. The number of aryl methyl sites for hydroxylation is 2. The van der Waals surface area contributed by atoms with Gasteiger partial charge in [0.1, 0.15) is 0 Å². The molecule has 0 aliphatic carbocycles. The highest BCUT2D eigenvalue weighted by atomic mass is 79.9. The predicted molar refractivity (Wildman–Crippen MR) is 85.5 cm³/mol. The maximum Gasteiger partial charge on any atom is 0.0900 e. The molecule has 1 N–H and O–H groups in total. The maximum absolute atomic E-state index is 4.47. The lowest BCUT2D eigenvalue weighted by Gasteiger charge is -2.17. The summed E-state index contributed by atoms with van der Waals surface area (Å²) < 4.78 is 2.12. The monoisotopic (exact) mass is 388 g/mol. The van der Waals surface area contributed by atoms with Crippen molar-refractivity contribution in [3.8, 4) is 0 Å². The molecule has 5 heteroatoms. The molecular weight excluding hydrogens is 376 g/mol. The van der Waals surface area contributed by atoms with E-state index in [1.165, 1.54) is 4.88 Å². The Morgan fingerprint density at radius 3 is 2.33 bits per heavy atom. The van der Waals surface area contributed by atoms with Crippen LogP contribution < -0.4 is 5.32 Å². The van der Waals surface area contributed by atoms with E-state index in [0.717, 1.165) is 25.3 Å². The van der Waals surface area contributed by atoms with Crippen LogP contribution in [0.15, 0.2) is 27.1 Å². The number of rotatable bonds is 3. The Kier molecular flexibility index (Phi) is 4.45. The summed E-state index contributed by atoms with van der Waals surface area (Å²) in [7, 11) is 0. The van der Waals surface area contributed by atoms with E-state index < -0.39 is 0 Å². The zero-order chi connectivity index (χ0) is 13.3. The molecule has 0 saturated carbocycles. The van der Waals surface area contributed by atoms with Gasteiger partial charge < -0.3 is 5.32 Å². The van der Waals surface area contributed by atoms with Gasteiger partial charge >= 0.3 is 0 Å². The predicted octanol–water partition coefficient (Wildman–Crippen LogP) is 5.46. The van der Waals surface area contributed by atoms with Crippen molar-refractivity contribution in [3.63, 3.8) is 0 Å². The molecule has 0 aliphatic rings. The van der Waals surface area contributed by atoms with Crippen molar-refractivity contribution >= 4 is 48.9 Å². The van der Waals surface area contributed by atoms with Crippen molar-refractivity contribution in [2.75, 3.05) is 5.32 Å². The van der Waals surface area contributed by atoms with Gasteiger partial charge in [0, 0.05) is 13.8 Å². The topological polar surface area (TPSA) is 24.9 Å². The lowest BCUT2D eigenvalue weighted by atomic mass is 10.2. The molecule has 0 amide bonds. The first-order valence-electron chi connectivity index (χ1n) is 5.63. The Balaban J connectivity index is 2.26. The summed E-state index contributed by atoms with van der Waals surface area (Å²) in [5, 5.41) is 4.64. The smallest absolute Gasteiger partial charge is 0.0900 e. The van der Waals surface area contributed by atoms with E-state index in [2.05, 4.69) is 56.0 Å². The first-order chi connectivity index (χ1) is 8.49. The van der Waals surface area contributed by atoms with Crippen molar-refractivity contribution in [1.29, 1.82) is 0 Å². The molecule has 0 fully saturated rings. The van der Waals surface area contributed by atoms with Crippen LogP contribution in [0.1, 0.15) is 28.5 Å². The second-order valence-electron chi connectivity index (χ2n) is 4.15. The molecule has 0 bridgehead atoms. The fraction of sp³-hybridized carbons (Fsp3) is 0.308. The summed E-state index contributed by atoms with van der Waals surface area (Å²) >= 11 is 8.88. The van der Waals surface area contributed by atoms with Crippen molar-refractivity contribution < 1.29 is 0 Å². The van der Waals surface area contributed by atoms with Crippen LogP contribution in [-0.2, 0) is 0 Å². The van der Waals surface area contributed by atoms with Crippen LogP contribution >= 0.6 is 43.2 Å². The number of hydrogen-bond donors (Lipinski definition) is 1. The second kappa shape index (κ2) is 5.72. The summed E-state index contributed by atoms with van der Waals surface area (Å²) in [6, 6.07) is 6.31. The van der Waals surface area contributed by atoms with E-state index >= 15 is 0 Å². The van der Waals surface area contributed by atoms with Crippen molar-refractivity contribution in [2.45, 2.75) is 26.8 Å². The number of halogens is 2. The van der Waals surface area contributed by atoms with Gasteiger partial charge in [-0.2, -0.15) is 0 Å². The van der Waals surface area contributed by atoms with Crippen molar-refractivity contribution in [1.82, 2.24) is 4.98 Å². The highest BCUT2D eigenvalue weighted by Crippen LogP contribution is 2.35. The molecule has 1 aromatic heterocycles. The number of benzene rings is 1. The first kappa shape index (κ1) is 14.0. The number of aromatic nitrogens is 1. The van der Waals surface area contributed by atoms with Crippen LogP contribution in [-0.4, -0.2) is 4.98 Å². The summed E-state index contributed by atoms with van der Waals surface area (Å²) in [4.78, 5) is 5.76. The third kappa shape index (κ3) is 2.95. The summed E-state index contributed by atoms with van der Waals surface area (Å²) in [6.07, 6.45) is 0. The van der Waals surface area contributed by atoms with E-state index in [1.54, 1.807) is 11.3 Å². The Bertz CT molecular complexity index is 546. The van der Waals surface area contributed by atoms with Crippen molar-refractivity contribution in [2.24, 2.45) is 0 Å². The standard InChI is InChI=1S/C13H14Br2N2S/c1-7-13(18-9(3)16-7)8(2)17-12-10(14)5-4-6-11(12)15/h4-6,8,17H,1-3H3. The zero-order valence-corrected chi connectivity index (χ0v) is 14.4. The van der Waals surface area contributed by atoms with Crippen LogP contribution in [0, 0.1) is 13.8 Å². The molecule has 1 aromatic carbocycles. The van der Waals surface area contributed by atoms with E-state index in [9.17, 15) is 0 Å². The molecule has 0 radical (unpaired) electrons. The number of nitrogens with one attached hydrogen (secondary N) is 1. The van der Waals surface area contributed by atoms with Crippen LogP contribution in [0.3, 0.4) is 0 Å². The number of anilines is 1. The number of hydrogen-bond acceptors (Lipinski definition) is 3. The SMILES string of the molecule is Cc1nc(C)c(C(C)Nc2c(Br)cccc2Br)s1. The molecule has 2 rings (SSSR count).